The lowest BCUT2D eigenvalue weighted by atomic mass is 10.0. The van der Waals surface area contributed by atoms with E-state index < -0.39 is 60.4 Å². The van der Waals surface area contributed by atoms with Gasteiger partial charge >= 0.3 is 11.9 Å². The smallest absolute Gasteiger partial charge is 0.326 e. The number of nitrogens with two attached hydrogens (primary N) is 1. The maximum absolute atomic E-state index is 12.8. The summed E-state index contributed by atoms with van der Waals surface area (Å²) in [5.41, 5.74) is 5.95. The Morgan fingerprint density at radius 3 is 2.19 bits per heavy atom. The Kier molecular flexibility index (Phi) is 9.85. The molecule has 5 unspecified atom stereocenters. The molecule has 0 bridgehead atoms. The zero-order valence-corrected chi connectivity index (χ0v) is 17.9. The maximum Gasteiger partial charge on any atom is 0.326 e. The predicted octanol–water partition coefficient (Wildman–Crippen LogP) is -1.74. The van der Waals surface area contributed by atoms with Gasteiger partial charge in [-0.15, -0.1) is 0 Å². The Balaban J connectivity index is 2.88. The molecular weight excluding hydrogens is 412 g/mol. The molecule has 1 fully saturated rings. The number of hydrogen-bond acceptors (Lipinski definition) is 7. The summed E-state index contributed by atoms with van der Waals surface area (Å²) in [6, 6.07) is -4.92. The number of nitrogens with one attached hydrogen (secondary N) is 2. The summed E-state index contributed by atoms with van der Waals surface area (Å²) in [5.74, 6) is -4.94. The first-order chi connectivity index (χ1) is 14.3. The molecule has 1 heterocycles. The van der Waals surface area contributed by atoms with E-state index in [0.29, 0.717) is 25.8 Å². The molecule has 1 rings (SSSR count). The molecule has 0 aliphatic carbocycles. The molecule has 31 heavy (non-hydrogen) atoms. The van der Waals surface area contributed by atoms with Gasteiger partial charge in [-0.3, -0.25) is 19.2 Å². The maximum atomic E-state index is 12.8. The Bertz CT molecular complexity index is 696. The van der Waals surface area contributed by atoms with Crippen molar-refractivity contribution in [2.45, 2.75) is 76.7 Å². The molecule has 12 nitrogen and oxygen atoms in total. The summed E-state index contributed by atoms with van der Waals surface area (Å²) in [7, 11) is 0. The second-order valence-electron chi connectivity index (χ2n) is 8.15. The zero-order chi connectivity index (χ0) is 23.9. The van der Waals surface area contributed by atoms with E-state index >= 15 is 0 Å². The van der Waals surface area contributed by atoms with Crippen LogP contribution in [-0.4, -0.2) is 86.7 Å². The van der Waals surface area contributed by atoms with Gasteiger partial charge in [0.05, 0.1) is 18.6 Å². The molecule has 0 aromatic rings. The molecular formula is C19H32N4O8. The van der Waals surface area contributed by atoms with Crippen LogP contribution in [0.15, 0.2) is 0 Å². The number of aliphatic hydroxyl groups is 1. The fraction of sp³-hybridized carbons (Fsp3) is 0.737. The van der Waals surface area contributed by atoms with Crippen LogP contribution >= 0.6 is 0 Å². The molecule has 0 aromatic heterocycles. The van der Waals surface area contributed by atoms with Crippen molar-refractivity contribution in [1.29, 1.82) is 0 Å². The molecule has 1 aliphatic heterocycles. The predicted molar refractivity (Wildman–Crippen MR) is 108 cm³/mol. The fourth-order valence-corrected chi connectivity index (χ4v) is 3.42. The molecule has 1 aliphatic rings. The Labute approximate surface area is 180 Å². The van der Waals surface area contributed by atoms with Gasteiger partial charge in [0, 0.05) is 6.54 Å². The van der Waals surface area contributed by atoms with E-state index in [1.54, 1.807) is 0 Å². The normalized spacial score (nSPS) is 19.9. The topological polar surface area (TPSA) is 199 Å². The van der Waals surface area contributed by atoms with Crippen LogP contribution in [0.25, 0.3) is 0 Å². The molecule has 7 N–H and O–H groups in total. The van der Waals surface area contributed by atoms with Crippen LogP contribution in [0, 0.1) is 5.92 Å². The first-order valence-corrected chi connectivity index (χ1v) is 10.1. The van der Waals surface area contributed by atoms with E-state index in [0.717, 1.165) is 0 Å². The van der Waals surface area contributed by atoms with Gasteiger partial charge in [0.25, 0.3) is 0 Å². The van der Waals surface area contributed by atoms with Gasteiger partial charge in [0.1, 0.15) is 18.1 Å². The van der Waals surface area contributed by atoms with Crippen LogP contribution < -0.4 is 16.4 Å². The number of aliphatic hydroxyl groups excluding tert-OH is 1. The summed E-state index contributed by atoms with van der Waals surface area (Å²) in [6.45, 7) is 5.38. The van der Waals surface area contributed by atoms with Crippen molar-refractivity contribution in [3.63, 3.8) is 0 Å². The van der Waals surface area contributed by atoms with Crippen LogP contribution in [0.3, 0.4) is 0 Å². The third kappa shape index (κ3) is 7.79. The minimum absolute atomic E-state index is 0.185. The Hall–Kier alpha value is -2.73. The van der Waals surface area contributed by atoms with Crippen molar-refractivity contribution in [2.24, 2.45) is 11.7 Å². The molecule has 3 amide bonds. The number of rotatable bonds is 11. The van der Waals surface area contributed by atoms with Gasteiger partial charge < -0.3 is 36.6 Å². The van der Waals surface area contributed by atoms with Crippen LogP contribution in [-0.2, 0) is 24.0 Å². The summed E-state index contributed by atoms with van der Waals surface area (Å²) in [5, 5.41) is 32.1. The van der Waals surface area contributed by atoms with Crippen molar-refractivity contribution >= 4 is 29.7 Å². The highest BCUT2D eigenvalue weighted by Gasteiger charge is 2.39. The van der Waals surface area contributed by atoms with Gasteiger partial charge in [-0.25, -0.2) is 4.79 Å². The number of carbonyl (C=O) groups is 5. The molecule has 176 valence electrons. The number of hydrogen-bond donors (Lipinski definition) is 6. The average Bonchev–Trinajstić information content (AvgIpc) is 3.13. The van der Waals surface area contributed by atoms with Gasteiger partial charge in [-0.2, -0.15) is 0 Å². The van der Waals surface area contributed by atoms with E-state index in [1.807, 2.05) is 19.2 Å². The highest BCUT2D eigenvalue weighted by Crippen LogP contribution is 2.20. The number of amides is 3. The first kappa shape index (κ1) is 26.3. The first-order valence-electron chi connectivity index (χ1n) is 10.1. The summed E-state index contributed by atoms with van der Waals surface area (Å²) in [4.78, 5) is 61.2. The third-order valence-corrected chi connectivity index (χ3v) is 4.94. The number of carboxylic acids is 2. The van der Waals surface area contributed by atoms with Gasteiger partial charge in [-0.1, -0.05) is 13.8 Å². The van der Waals surface area contributed by atoms with Crippen LogP contribution in [0.1, 0.15) is 46.5 Å². The second kappa shape index (κ2) is 11.6. The van der Waals surface area contributed by atoms with Gasteiger partial charge in [0.2, 0.25) is 17.7 Å². The van der Waals surface area contributed by atoms with E-state index in [1.165, 1.54) is 11.8 Å². The van der Waals surface area contributed by atoms with Gasteiger partial charge in [0.15, 0.2) is 0 Å². The van der Waals surface area contributed by atoms with E-state index in [4.69, 9.17) is 15.9 Å². The highest BCUT2D eigenvalue weighted by atomic mass is 16.4. The molecule has 5 atom stereocenters. The third-order valence-electron chi connectivity index (χ3n) is 4.94. The number of aliphatic carboxylic acids is 2. The van der Waals surface area contributed by atoms with Crippen LogP contribution in [0.2, 0.25) is 0 Å². The Morgan fingerprint density at radius 2 is 1.71 bits per heavy atom. The van der Waals surface area contributed by atoms with Crippen molar-refractivity contribution < 1.29 is 39.3 Å². The lowest BCUT2D eigenvalue weighted by Crippen LogP contribution is -2.59. The lowest BCUT2D eigenvalue weighted by Gasteiger charge is -2.29. The fourth-order valence-electron chi connectivity index (χ4n) is 3.42. The molecule has 0 spiro atoms. The SMILES string of the molecule is CC(C)CC(N)C(=O)N1CCCC1C(=O)NC(C(=O)NC(CC(=O)O)C(=O)O)C(C)O. The van der Waals surface area contributed by atoms with E-state index in [9.17, 15) is 29.1 Å². The minimum Gasteiger partial charge on any atom is -0.481 e. The quantitative estimate of drug-likeness (QED) is 0.214. The molecule has 0 aromatic carbocycles. The average molecular weight is 444 g/mol. The molecule has 0 radical (unpaired) electrons. The van der Waals surface area contributed by atoms with Crippen LogP contribution in [0.4, 0.5) is 0 Å². The van der Waals surface area contributed by atoms with Crippen molar-refractivity contribution in [2.75, 3.05) is 6.54 Å². The van der Waals surface area contributed by atoms with Gasteiger partial charge in [-0.05, 0) is 32.1 Å². The summed E-state index contributed by atoms with van der Waals surface area (Å²) in [6.07, 6.45) is -0.930. The number of likely N-dealkylation sites (tertiary alicyclic amines) is 1. The van der Waals surface area contributed by atoms with Crippen molar-refractivity contribution in [3.8, 4) is 0 Å². The van der Waals surface area contributed by atoms with Crippen LogP contribution in [0.5, 0.6) is 0 Å². The minimum atomic E-state index is -1.73. The summed E-state index contributed by atoms with van der Waals surface area (Å²) >= 11 is 0. The molecule has 12 heteroatoms. The largest absolute Gasteiger partial charge is 0.481 e. The zero-order valence-electron chi connectivity index (χ0n) is 17.9. The second-order valence-corrected chi connectivity index (χ2v) is 8.15. The number of nitrogens with zero attached hydrogens (tertiary/aromatic N) is 1. The Morgan fingerprint density at radius 1 is 1.10 bits per heavy atom. The number of carbonyl (C=O) groups excluding carboxylic acids is 3. The van der Waals surface area contributed by atoms with E-state index in [-0.39, 0.29) is 11.8 Å². The highest BCUT2D eigenvalue weighted by molar-refractivity contribution is 5.95. The van der Waals surface area contributed by atoms with E-state index in [2.05, 4.69) is 5.32 Å². The van der Waals surface area contributed by atoms with Crippen molar-refractivity contribution in [3.05, 3.63) is 0 Å². The number of carboxylic acid groups (broad SMARTS) is 2. The molecule has 0 saturated carbocycles. The standard InChI is InChI=1S/C19H32N4O8/c1-9(2)7-11(20)18(29)23-6-4-5-13(23)16(27)22-15(10(3)24)17(28)21-12(19(30)31)8-14(25)26/h9-13,15,24H,4-8,20H2,1-3H3,(H,21,28)(H,22,27)(H,25,26)(H,30,31). The lowest BCUT2D eigenvalue weighted by molar-refractivity contribution is -0.148. The monoisotopic (exact) mass is 444 g/mol. The molecule has 1 saturated heterocycles. The van der Waals surface area contributed by atoms with Crippen molar-refractivity contribution in [1.82, 2.24) is 15.5 Å². The summed E-state index contributed by atoms with van der Waals surface area (Å²) < 4.78 is 0.